The van der Waals surface area contributed by atoms with Crippen LogP contribution in [0.15, 0.2) is 63.3 Å². The summed E-state index contributed by atoms with van der Waals surface area (Å²) in [5.74, 6) is 0.722. The number of aliphatic imine (C=N–C) groups is 1. The van der Waals surface area contributed by atoms with Gasteiger partial charge in [-0.1, -0.05) is 32.0 Å². The molecule has 28 heavy (non-hydrogen) atoms. The predicted molar refractivity (Wildman–Crippen MR) is 110 cm³/mol. The molecule has 2 aromatic rings. The van der Waals surface area contributed by atoms with Crippen molar-refractivity contribution in [3.63, 3.8) is 0 Å². The maximum absolute atomic E-state index is 12.6. The molecule has 0 radical (unpaired) electrons. The summed E-state index contributed by atoms with van der Waals surface area (Å²) in [4.78, 5) is 4.19. The first-order valence-electron chi connectivity index (χ1n) is 8.96. The fourth-order valence-corrected chi connectivity index (χ4v) is 4.99. The molecule has 0 aromatic heterocycles. The van der Waals surface area contributed by atoms with Gasteiger partial charge in [0.2, 0.25) is 0 Å². The van der Waals surface area contributed by atoms with Crippen molar-refractivity contribution in [2.75, 3.05) is 11.3 Å². The van der Waals surface area contributed by atoms with E-state index in [1.807, 2.05) is 13.8 Å². The van der Waals surface area contributed by atoms with Crippen molar-refractivity contribution in [3.05, 3.63) is 54.1 Å². The van der Waals surface area contributed by atoms with E-state index in [0.717, 1.165) is 12.0 Å². The lowest BCUT2D eigenvalue weighted by molar-refractivity contribution is 0.591. The van der Waals surface area contributed by atoms with Crippen molar-refractivity contribution in [1.29, 1.82) is 0 Å². The molecule has 3 rings (SSSR count). The van der Waals surface area contributed by atoms with E-state index in [1.54, 1.807) is 12.1 Å². The molecule has 0 aliphatic carbocycles. The molecule has 0 amide bonds. The fourth-order valence-electron chi connectivity index (χ4n) is 2.81. The zero-order valence-electron chi connectivity index (χ0n) is 15.7. The van der Waals surface area contributed by atoms with E-state index < -0.39 is 20.0 Å². The van der Waals surface area contributed by atoms with Crippen LogP contribution in [0, 0.1) is 0 Å². The summed E-state index contributed by atoms with van der Waals surface area (Å²) in [5.41, 5.74) is 1.21. The molecule has 0 saturated carbocycles. The zero-order chi connectivity index (χ0) is 20.4. The van der Waals surface area contributed by atoms with Crippen LogP contribution in [0.25, 0.3) is 0 Å². The quantitative estimate of drug-likeness (QED) is 0.748. The number of amidine groups is 1. The SMILES string of the molecule is CC(C)c1ccc(S(=O)(=O)Nc2cccc(S(=O)(=O)NC3=NCCC3)c2)cc1. The summed E-state index contributed by atoms with van der Waals surface area (Å²) in [6, 6.07) is 12.3. The number of benzene rings is 2. The maximum atomic E-state index is 12.6. The Morgan fingerprint density at radius 1 is 0.893 bits per heavy atom. The molecule has 1 aliphatic heterocycles. The lowest BCUT2D eigenvalue weighted by Gasteiger charge is -2.12. The van der Waals surface area contributed by atoms with Crippen LogP contribution >= 0.6 is 0 Å². The molecule has 0 atom stereocenters. The zero-order valence-corrected chi connectivity index (χ0v) is 17.3. The van der Waals surface area contributed by atoms with Gasteiger partial charge in [0.05, 0.1) is 15.5 Å². The van der Waals surface area contributed by atoms with E-state index in [-0.39, 0.29) is 15.5 Å². The van der Waals surface area contributed by atoms with E-state index in [4.69, 9.17) is 0 Å². The van der Waals surface area contributed by atoms with Gasteiger partial charge in [-0.3, -0.25) is 14.4 Å². The standard InChI is InChI=1S/C19H23N3O4S2/c1-14(2)15-8-10-17(11-9-15)27(23,24)21-16-5-3-6-18(13-16)28(25,26)22-19-7-4-12-20-19/h3,5-6,8-11,13-14,21H,4,7,12H2,1-2H3,(H,20,22). The molecular formula is C19H23N3O4S2. The monoisotopic (exact) mass is 421 g/mol. The third kappa shape index (κ3) is 4.71. The summed E-state index contributed by atoms with van der Waals surface area (Å²) in [7, 11) is -7.65. The first-order valence-corrected chi connectivity index (χ1v) is 11.9. The minimum atomic E-state index is -3.83. The van der Waals surface area contributed by atoms with Crippen molar-refractivity contribution in [2.45, 2.75) is 42.4 Å². The molecule has 0 unspecified atom stereocenters. The number of hydrogen-bond donors (Lipinski definition) is 2. The van der Waals surface area contributed by atoms with Crippen molar-refractivity contribution in [1.82, 2.24) is 4.72 Å². The van der Waals surface area contributed by atoms with Gasteiger partial charge in [0.15, 0.2) is 0 Å². The van der Waals surface area contributed by atoms with Gasteiger partial charge in [-0.05, 0) is 48.2 Å². The molecule has 1 heterocycles. The van der Waals surface area contributed by atoms with Gasteiger partial charge in [-0.2, -0.15) is 0 Å². The number of rotatable bonds is 6. The molecule has 0 spiro atoms. The van der Waals surface area contributed by atoms with Gasteiger partial charge < -0.3 is 0 Å². The summed E-state index contributed by atoms with van der Waals surface area (Å²) >= 11 is 0. The lowest BCUT2D eigenvalue weighted by atomic mass is 10.0. The molecule has 2 aromatic carbocycles. The molecule has 0 fully saturated rings. The van der Waals surface area contributed by atoms with Crippen LogP contribution in [0.5, 0.6) is 0 Å². The average Bonchev–Trinajstić information content (AvgIpc) is 3.14. The van der Waals surface area contributed by atoms with Crippen LogP contribution in [0.4, 0.5) is 5.69 Å². The molecule has 0 bridgehead atoms. The van der Waals surface area contributed by atoms with Gasteiger partial charge in [0.1, 0.15) is 5.84 Å². The molecule has 9 heteroatoms. The van der Waals surface area contributed by atoms with Gasteiger partial charge in [-0.25, -0.2) is 16.8 Å². The van der Waals surface area contributed by atoms with Crippen molar-refractivity contribution in [2.24, 2.45) is 4.99 Å². The summed E-state index contributed by atoms with van der Waals surface area (Å²) in [6.07, 6.45) is 1.39. The molecule has 7 nitrogen and oxygen atoms in total. The Bertz CT molecular complexity index is 1090. The Labute approximate surface area is 166 Å². The first kappa shape index (κ1) is 20.3. The number of sulfonamides is 2. The van der Waals surface area contributed by atoms with E-state index in [0.29, 0.717) is 24.7 Å². The molecule has 1 aliphatic rings. The number of nitrogens with zero attached hydrogens (tertiary/aromatic N) is 1. The second-order valence-corrected chi connectivity index (χ2v) is 10.3. The molecule has 2 N–H and O–H groups in total. The number of anilines is 1. The average molecular weight is 422 g/mol. The highest BCUT2D eigenvalue weighted by atomic mass is 32.2. The van der Waals surface area contributed by atoms with Crippen molar-refractivity contribution in [3.8, 4) is 0 Å². The van der Waals surface area contributed by atoms with E-state index >= 15 is 0 Å². The van der Waals surface area contributed by atoms with E-state index in [2.05, 4.69) is 14.4 Å². The highest BCUT2D eigenvalue weighted by molar-refractivity contribution is 7.92. The number of nitrogens with one attached hydrogen (secondary N) is 2. The van der Waals surface area contributed by atoms with Crippen LogP contribution in [-0.4, -0.2) is 29.2 Å². The van der Waals surface area contributed by atoms with E-state index in [1.165, 1.54) is 36.4 Å². The minimum absolute atomic E-state index is 0.0301. The highest BCUT2D eigenvalue weighted by Gasteiger charge is 2.20. The van der Waals surface area contributed by atoms with Crippen LogP contribution in [0.2, 0.25) is 0 Å². The third-order valence-corrected chi connectivity index (χ3v) is 7.16. The third-order valence-electron chi connectivity index (χ3n) is 4.38. The Morgan fingerprint density at radius 2 is 1.57 bits per heavy atom. The fraction of sp³-hybridized carbons (Fsp3) is 0.316. The minimum Gasteiger partial charge on any atom is -0.280 e. The smallest absolute Gasteiger partial charge is 0.262 e. The van der Waals surface area contributed by atoms with Gasteiger partial charge in [-0.15, -0.1) is 0 Å². The first-order chi connectivity index (χ1) is 13.2. The van der Waals surface area contributed by atoms with Crippen LogP contribution in [-0.2, 0) is 20.0 Å². The lowest BCUT2D eigenvalue weighted by Crippen LogP contribution is -2.29. The highest BCUT2D eigenvalue weighted by Crippen LogP contribution is 2.22. The van der Waals surface area contributed by atoms with Gasteiger partial charge in [0.25, 0.3) is 20.0 Å². The Balaban J connectivity index is 1.81. The molecule has 0 saturated heterocycles. The molecular weight excluding hydrogens is 398 g/mol. The van der Waals surface area contributed by atoms with E-state index in [9.17, 15) is 16.8 Å². The second kappa shape index (κ2) is 7.92. The van der Waals surface area contributed by atoms with Crippen molar-refractivity contribution >= 4 is 31.6 Å². The van der Waals surface area contributed by atoms with Crippen LogP contribution in [0.3, 0.4) is 0 Å². The molecule has 150 valence electrons. The van der Waals surface area contributed by atoms with Gasteiger partial charge >= 0.3 is 0 Å². The van der Waals surface area contributed by atoms with Crippen LogP contribution < -0.4 is 9.44 Å². The topological polar surface area (TPSA) is 105 Å². The van der Waals surface area contributed by atoms with Gasteiger partial charge in [0, 0.05) is 13.0 Å². The Hall–Kier alpha value is -2.39. The summed E-state index contributed by atoms with van der Waals surface area (Å²) in [5, 5.41) is 0. The normalized spacial score (nSPS) is 14.8. The summed E-state index contributed by atoms with van der Waals surface area (Å²) in [6.45, 7) is 4.66. The number of hydrogen-bond acceptors (Lipinski definition) is 5. The summed E-state index contributed by atoms with van der Waals surface area (Å²) < 4.78 is 55.2. The Morgan fingerprint density at radius 3 is 2.18 bits per heavy atom. The Kier molecular flexibility index (Phi) is 5.76. The largest absolute Gasteiger partial charge is 0.280 e. The maximum Gasteiger partial charge on any atom is 0.262 e. The predicted octanol–water partition coefficient (Wildman–Crippen LogP) is 3.08. The second-order valence-electron chi connectivity index (χ2n) is 6.89. The van der Waals surface area contributed by atoms with Crippen molar-refractivity contribution < 1.29 is 16.8 Å². The van der Waals surface area contributed by atoms with Crippen LogP contribution in [0.1, 0.15) is 38.2 Å².